The second kappa shape index (κ2) is 8.03. The number of anilines is 1. The molecule has 3 aromatic rings. The lowest BCUT2D eigenvalue weighted by Crippen LogP contribution is -2.05. The Hall–Kier alpha value is -2.53. The molecule has 0 spiro atoms. The Morgan fingerprint density at radius 1 is 1.00 bits per heavy atom. The monoisotopic (exact) mass is 354 g/mol. The summed E-state index contributed by atoms with van der Waals surface area (Å²) in [7, 11) is 3.30. The fraction of sp³-hybridized carbons (Fsp3) is 0.250. The van der Waals surface area contributed by atoms with E-state index in [0.29, 0.717) is 0 Å². The summed E-state index contributed by atoms with van der Waals surface area (Å²) in [5.41, 5.74) is 4.61. The fourth-order valence-electron chi connectivity index (χ4n) is 2.56. The molecule has 0 aliphatic carbocycles. The summed E-state index contributed by atoms with van der Waals surface area (Å²) in [4.78, 5) is 4.67. The molecule has 1 N–H and O–H groups in total. The minimum absolute atomic E-state index is 0.752. The highest BCUT2D eigenvalue weighted by Crippen LogP contribution is 2.28. The van der Waals surface area contributed by atoms with Crippen LogP contribution in [0.25, 0.3) is 11.3 Å². The number of hydrogen-bond acceptors (Lipinski definition) is 5. The van der Waals surface area contributed by atoms with E-state index >= 15 is 0 Å². The number of aromatic nitrogens is 1. The van der Waals surface area contributed by atoms with Crippen LogP contribution in [0.2, 0.25) is 0 Å². The smallest absolute Gasteiger partial charge is 0.183 e. The predicted octanol–water partition coefficient (Wildman–Crippen LogP) is 4.79. The molecule has 0 aliphatic heterocycles. The van der Waals surface area contributed by atoms with Crippen molar-refractivity contribution in [3.8, 4) is 22.8 Å². The standard InChI is InChI=1S/C20H22N2O2S/c1-14-4-7-16(8-5-14)17-13-25-20(22-17)21-11-10-15-6-9-18(23-2)19(12-15)24-3/h4-9,12-13H,10-11H2,1-3H3,(H,21,22). The maximum Gasteiger partial charge on any atom is 0.183 e. The molecule has 0 saturated carbocycles. The van der Waals surface area contributed by atoms with E-state index in [4.69, 9.17) is 9.47 Å². The van der Waals surface area contributed by atoms with Gasteiger partial charge >= 0.3 is 0 Å². The van der Waals surface area contributed by atoms with Gasteiger partial charge in [0.25, 0.3) is 0 Å². The molecule has 3 rings (SSSR count). The third-order valence-corrected chi connectivity index (χ3v) is 4.79. The van der Waals surface area contributed by atoms with Crippen LogP contribution in [-0.4, -0.2) is 25.7 Å². The van der Waals surface area contributed by atoms with Crippen molar-refractivity contribution in [3.05, 3.63) is 59.0 Å². The third-order valence-electron chi connectivity index (χ3n) is 3.99. The predicted molar refractivity (Wildman–Crippen MR) is 104 cm³/mol. The normalized spacial score (nSPS) is 10.5. The minimum Gasteiger partial charge on any atom is -0.493 e. The Balaban J connectivity index is 1.58. The number of ether oxygens (including phenoxy) is 2. The van der Waals surface area contributed by atoms with Gasteiger partial charge < -0.3 is 14.8 Å². The van der Waals surface area contributed by atoms with Gasteiger partial charge in [-0.3, -0.25) is 0 Å². The molecule has 0 aliphatic rings. The van der Waals surface area contributed by atoms with Gasteiger partial charge in [-0.15, -0.1) is 11.3 Å². The first kappa shape index (κ1) is 17.3. The van der Waals surface area contributed by atoms with Crippen molar-refractivity contribution in [2.45, 2.75) is 13.3 Å². The van der Waals surface area contributed by atoms with Crippen molar-refractivity contribution in [2.75, 3.05) is 26.1 Å². The zero-order valence-corrected chi connectivity index (χ0v) is 15.5. The first-order valence-electron chi connectivity index (χ1n) is 8.17. The zero-order chi connectivity index (χ0) is 17.6. The summed E-state index contributed by atoms with van der Waals surface area (Å²) in [6.07, 6.45) is 0.889. The van der Waals surface area contributed by atoms with Crippen molar-refractivity contribution < 1.29 is 9.47 Å². The van der Waals surface area contributed by atoms with Crippen LogP contribution >= 0.6 is 11.3 Å². The van der Waals surface area contributed by atoms with Crippen LogP contribution in [-0.2, 0) is 6.42 Å². The lowest BCUT2D eigenvalue weighted by atomic mass is 10.1. The summed E-state index contributed by atoms with van der Waals surface area (Å²) in [6.45, 7) is 2.91. The van der Waals surface area contributed by atoms with Crippen LogP contribution < -0.4 is 14.8 Å². The molecule has 1 aromatic heterocycles. The summed E-state index contributed by atoms with van der Waals surface area (Å²) >= 11 is 1.63. The molecule has 0 radical (unpaired) electrons. The second-order valence-electron chi connectivity index (χ2n) is 5.77. The van der Waals surface area contributed by atoms with E-state index in [9.17, 15) is 0 Å². The molecule has 4 nitrogen and oxygen atoms in total. The molecular formula is C20H22N2O2S. The molecule has 25 heavy (non-hydrogen) atoms. The van der Waals surface area contributed by atoms with Gasteiger partial charge in [0.15, 0.2) is 16.6 Å². The molecule has 1 heterocycles. The molecule has 0 amide bonds. The number of thiazole rings is 1. The number of rotatable bonds is 7. The molecule has 0 fully saturated rings. The highest BCUT2D eigenvalue weighted by atomic mass is 32.1. The van der Waals surface area contributed by atoms with E-state index in [1.807, 2.05) is 12.1 Å². The van der Waals surface area contributed by atoms with Crippen LogP contribution in [0.15, 0.2) is 47.8 Å². The van der Waals surface area contributed by atoms with Gasteiger partial charge in [-0.05, 0) is 31.0 Å². The van der Waals surface area contributed by atoms with Crippen LogP contribution in [0, 0.1) is 6.92 Å². The first-order valence-corrected chi connectivity index (χ1v) is 9.05. The van der Waals surface area contributed by atoms with E-state index < -0.39 is 0 Å². The number of nitrogens with one attached hydrogen (secondary N) is 1. The van der Waals surface area contributed by atoms with Gasteiger partial charge in [0.1, 0.15) is 0 Å². The Morgan fingerprint density at radius 3 is 2.48 bits per heavy atom. The maximum atomic E-state index is 5.35. The van der Waals surface area contributed by atoms with E-state index in [0.717, 1.165) is 40.9 Å². The van der Waals surface area contributed by atoms with E-state index in [1.54, 1.807) is 25.6 Å². The summed E-state index contributed by atoms with van der Waals surface area (Å²) < 4.78 is 10.6. The number of aryl methyl sites for hydroxylation is 1. The summed E-state index contributed by atoms with van der Waals surface area (Å²) in [5.74, 6) is 1.51. The summed E-state index contributed by atoms with van der Waals surface area (Å²) in [6, 6.07) is 14.4. The van der Waals surface area contributed by atoms with Crippen LogP contribution in [0.4, 0.5) is 5.13 Å². The molecule has 2 aromatic carbocycles. The quantitative estimate of drug-likeness (QED) is 0.662. The highest BCUT2D eigenvalue weighted by molar-refractivity contribution is 7.14. The van der Waals surface area contributed by atoms with Crippen LogP contribution in [0.5, 0.6) is 11.5 Å². The summed E-state index contributed by atoms with van der Waals surface area (Å²) in [5, 5.41) is 6.42. The van der Waals surface area contributed by atoms with Gasteiger partial charge in [-0.1, -0.05) is 35.9 Å². The molecule has 0 bridgehead atoms. The van der Waals surface area contributed by atoms with Crippen molar-refractivity contribution in [3.63, 3.8) is 0 Å². The Morgan fingerprint density at radius 2 is 1.76 bits per heavy atom. The highest BCUT2D eigenvalue weighted by Gasteiger charge is 2.06. The molecule has 5 heteroatoms. The largest absolute Gasteiger partial charge is 0.493 e. The molecular weight excluding hydrogens is 332 g/mol. The van der Waals surface area contributed by atoms with Crippen LogP contribution in [0.1, 0.15) is 11.1 Å². The average Bonchev–Trinajstić information content (AvgIpc) is 3.11. The number of hydrogen-bond donors (Lipinski definition) is 1. The minimum atomic E-state index is 0.752. The molecule has 0 unspecified atom stereocenters. The molecule has 0 saturated heterocycles. The Kier molecular flexibility index (Phi) is 5.56. The molecule has 130 valence electrons. The van der Waals surface area contributed by atoms with Gasteiger partial charge in [0.05, 0.1) is 19.9 Å². The average molecular weight is 354 g/mol. The van der Waals surface area contributed by atoms with Crippen molar-refractivity contribution >= 4 is 16.5 Å². The number of methoxy groups -OCH3 is 2. The van der Waals surface area contributed by atoms with Crippen molar-refractivity contribution in [2.24, 2.45) is 0 Å². The zero-order valence-electron chi connectivity index (χ0n) is 14.7. The Bertz CT molecular complexity index is 828. The SMILES string of the molecule is COc1ccc(CCNc2nc(-c3ccc(C)cc3)cs2)cc1OC. The maximum absolute atomic E-state index is 5.35. The van der Waals surface area contributed by atoms with E-state index in [2.05, 4.69) is 52.9 Å². The van der Waals surface area contributed by atoms with Gasteiger partial charge in [0, 0.05) is 17.5 Å². The van der Waals surface area contributed by atoms with E-state index in [-0.39, 0.29) is 0 Å². The van der Waals surface area contributed by atoms with Gasteiger partial charge in [0.2, 0.25) is 0 Å². The van der Waals surface area contributed by atoms with Gasteiger partial charge in [-0.25, -0.2) is 4.98 Å². The van der Waals surface area contributed by atoms with Crippen LogP contribution in [0.3, 0.4) is 0 Å². The lowest BCUT2D eigenvalue weighted by Gasteiger charge is -2.09. The van der Waals surface area contributed by atoms with Gasteiger partial charge in [-0.2, -0.15) is 0 Å². The first-order chi connectivity index (χ1) is 12.2. The van der Waals surface area contributed by atoms with E-state index in [1.165, 1.54) is 11.1 Å². The number of nitrogens with zero attached hydrogens (tertiary/aromatic N) is 1. The van der Waals surface area contributed by atoms with Crippen molar-refractivity contribution in [1.82, 2.24) is 4.98 Å². The second-order valence-corrected chi connectivity index (χ2v) is 6.63. The number of benzene rings is 2. The molecule has 0 atom stereocenters. The fourth-order valence-corrected chi connectivity index (χ4v) is 3.31. The lowest BCUT2D eigenvalue weighted by molar-refractivity contribution is 0.354. The Labute approximate surface area is 152 Å². The topological polar surface area (TPSA) is 43.4 Å². The third kappa shape index (κ3) is 4.31. The van der Waals surface area contributed by atoms with Crippen molar-refractivity contribution in [1.29, 1.82) is 0 Å².